The predicted octanol–water partition coefficient (Wildman–Crippen LogP) is 1.85. The second kappa shape index (κ2) is 3.64. The van der Waals surface area contributed by atoms with Crippen LogP contribution in [0.25, 0.3) is 6.08 Å². The predicted molar refractivity (Wildman–Crippen MR) is 47.6 cm³/mol. The molecule has 11 heavy (non-hydrogen) atoms. The summed E-state index contributed by atoms with van der Waals surface area (Å²) in [6, 6.07) is 0. The smallest absolute Gasteiger partial charge is 0.116 e. The Morgan fingerprint density at radius 1 is 1.82 bits per heavy atom. The zero-order valence-corrected chi connectivity index (χ0v) is 7.48. The maximum absolute atomic E-state index is 8.71. The molecule has 0 saturated heterocycles. The normalized spacial score (nSPS) is 12.1. The van der Waals surface area contributed by atoms with Crippen molar-refractivity contribution in [2.45, 2.75) is 13.8 Å². The third-order valence-corrected chi connectivity index (χ3v) is 2.12. The molecule has 0 aliphatic heterocycles. The highest BCUT2D eigenvalue weighted by atomic mass is 32.1. The van der Waals surface area contributed by atoms with Crippen LogP contribution in [-0.2, 0) is 0 Å². The first-order chi connectivity index (χ1) is 5.22. The SMILES string of the molecule is C/C(=C/c1ncc(C)s1)CO. The van der Waals surface area contributed by atoms with E-state index >= 15 is 0 Å². The zero-order chi connectivity index (χ0) is 8.27. The number of aliphatic hydroxyl groups is 1. The van der Waals surface area contributed by atoms with E-state index in [2.05, 4.69) is 4.98 Å². The number of nitrogens with zero attached hydrogens (tertiary/aromatic N) is 1. The molecule has 1 N–H and O–H groups in total. The third kappa shape index (κ3) is 2.44. The average molecular weight is 169 g/mol. The molecule has 1 aromatic rings. The van der Waals surface area contributed by atoms with Crippen LogP contribution in [-0.4, -0.2) is 16.7 Å². The van der Waals surface area contributed by atoms with E-state index in [1.807, 2.05) is 26.1 Å². The molecule has 1 heterocycles. The monoisotopic (exact) mass is 169 g/mol. The van der Waals surface area contributed by atoms with Crippen LogP contribution in [0.2, 0.25) is 0 Å². The van der Waals surface area contributed by atoms with Gasteiger partial charge >= 0.3 is 0 Å². The van der Waals surface area contributed by atoms with Crippen molar-refractivity contribution < 1.29 is 5.11 Å². The van der Waals surface area contributed by atoms with Crippen molar-refractivity contribution in [3.63, 3.8) is 0 Å². The molecule has 0 aliphatic rings. The molecule has 0 aromatic carbocycles. The van der Waals surface area contributed by atoms with Crippen molar-refractivity contribution in [3.05, 3.63) is 21.7 Å². The lowest BCUT2D eigenvalue weighted by molar-refractivity contribution is 0.332. The van der Waals surface area contributed by atoms with Crippen molar-refractivity contribution in [3.8, 4) is 0 Å². The molecule has 0 fully saturated rings. The number of aliphatic hydroxyl groups excluding tert-OH is 1. The molecule has 1 aromatic heterocycles. The Kier molecular flexibility index (Phi) is 2.79. The molecule has 0 spiro atoms. The van der Waals surface area contributed by atoms with Crippen LogP contribution in [0.3, 0.4) is 0 Å². The Labute approximate surface area is 70.2 Å². The van der Waals surface area contributed by atoms with Gasteiger partial charge < -0.3 is 5.11 Å². The summed E-state index contributed by atoms with van der Waals surface area (Å²) in [7, 11) is 0. The van der Waals surface area contributed by atoms with Crippen molar-refractivity contribution in [1.82, 2.24) is 4.98 Å². The van der Waals surface area contributed by atoms with Gasteiger partial charge in [0.2, 0.25) is 0 Å². The standard InChI is InChI=1S/C8H11NOS/c1-6(5-10)3-8-9-4-7(2)11-8/h3-4,10H,5H2,1-2H3/b6-3-. The number of aromatic nitrogens is 1. The van der Waals surface area contributed by atoms with E-state index < -0.39 is 0 Å². The van der Waals surface area contributed by atoms with Gasteiger partial charge in [-0.15, -0.1) is 11.3 Å². The topological polar surface area (TPSA) is 33.1 Å². The zero-order valence-electron chi connectivity index (χ0n) is 6.66. The van der Waals surface area contributed by atoms with Gasteiger partial charge in [-0.2, -0.15) is 0 Å². The highest BCUT2D eigenvalue weighted by Crippen LogP contribution is 2.14. The average Bonchev–Trinajstić information content (AvgIpc) is 2.35. The Hall–Kier alpha value is -0.670. The largest absolute Gasteiger partial charge is 0.392 e. The van der Waals surface area contributed by atoms with Crippen molar-refractivity contribution in [2.24, 2.45) is 0 Å². The van der Waals surface area contributed by atoms with E-state index in [1.165, 1.54) is 4.88 Å². The summed E-state index contributed by atoms with van der Waals surface area (Å²) in [4.78, 5) is 5.33. The van der Waals surface area contributed by atoms with Crippen molar-refractivity contribution in [2.75, 3.05) is 6.61 Å². The van der Waals surface area contributed by atoms with E-state index in [1.54, 1.807) is 11.3 Å². The van der Waals surface area contributed by atoms with Gasteiger partial charge in [0, 0.05) is 11.1 Å². The molecule has 0 saturated carbocycles. The van der Waals surface area contributed by atoms with Crippen LogP contribution >= 0.6 is 11.3 Å². The first-order valence-corrected chi connectivity index (χ1v) is 4.24. The number of hydrogen-bond donors (Lipinski definition) is 1. The molecule has 0 atom stereocenters. The lowest BCUT2D eigenvalue weighted by Gasteiger charge is -1.89. The molecule has 2 nitrogen and oxygen atoms in total. The summed E-state index contributed by atoms with van der Waals surface area (Å²) in [5.41, 5.74) is 0.944. The van der Waals surface area contributed by atoms with E-state index in [9.17, 15) is 0 Å². The number of hydrogen-bond acceptors (Lipinski definition) is 3. The summed E-state index contributed by atoms with van der Waals surface area (Å²) in [5, 5.41) is 9.68. The summed E-state index contributed by atoms with van der Waals surface area (Å²) in [6.45, 7) is 4.01. The first-order valence-electron chi connectivity index (χ1n) is 3.43. The lowest BCUT2D eigenvalue weighted by atomic mass is 10.3. The van der Waals surface area contributed by atoms with Crippen molar-refractivity contribution >= 4 is 17.4 Å². The van der Waals surface area contributed by atoms with E-state index in [4.69, 9.17) is 5.11 Å². The van der Waals surface area contributed by atoms with Gasteiger partial charge in [0.1, 0.15) is 5.01 Å². The minimum atomic E-state index is 0.110. The quantitative estimate of drug-likeness (QED) is 0.733. The molecule has 3 heteroatoms. The molecule has 0 unspecified atom stereocenters. The molecule has 60 valence electrons. The van der Waals surface area contributed by atoms with Gasteiger partial charge in [-0.3, -0.25) is 0 Å². The molecule has 0 aliphatic carbocycles. The molecular weight excluding hydrogens is 158 g/mol. The summed E-state index contributed by atoms with van der Waals surface area (Å²) < 4.78 is 0. The Morgan fingerprint density at radius 2 is 2.55 bits per heavy atom. The summed E-state index contributed by atoms with van der Waals surface area (Å²) in [6.07, 6.45) is 3.73. The summed E-state index contributed by atoms with van der Waals surface area (Å²) in [5.74, 6) is 0. The van der Waals surface area contributed by atoms with E-state index in [-0.39, 0.29) is 6.61 Å². The molecule has 0 amide bonds. The van der Waals surface area contributed by atoms with Crippen molar-refractivity contribution in [1.29, 1.82) is 0 Å². The van der Waals surface area contributed by atoms with Gasteiger partial charge in [-0.05, 0) is 25.5 Å². The highest BCUT2D eigenvalue weighted by molar-refractivity contribution is 7.12. The fraction of sp³-hybridized carbons (Fsp3) is 0.375. The van der Waals surface area contributed by atoms with Gasteiger partial charge in [-0.1, -0.05) is 0 Å². The number of thiazole rings is 1. The van der Waals surface area contributed by atoms with Crippen LogP contribution in [0.15, 0.2) is 11.8 Å². The first kappa shape index (κ1) is 8.43. The lowest BCUT2D eigenvalue weighted by Crippen LogP contribution is -1.82. The molecule has 0 bridgehead atoms. The maximum Gasteiger partial charge on any atom is 0.116 e. The van der Waals surface area contributed by atoms with Crippen LogP contribution in [0.5, 0.6) is 0 Å². The molecule has 0 radical (unpaired) electrons. The van der Waals surface area contributed by atoms with E-state index in [0.717, 1.165) is 10.6 Å². The van der Waals surface area contributed by atoms with Gasteiger partial charge in [-0.25, -0.2) is 4.98 Å². The minimum absolute atomic E-state index is 0.110. The van der Waals surface area contributed by atoms with Crippen LogP contribution in [0.1, 0.15) is 16.8 Å². The van der Waals surface area contributed by atoms with Gasteiger partial charge in [0.05, 0.1) is 6.61 Å². The van der Waals surface area contributed by atoms with Gasteiger partial charge in [0.15, 0.2) is 0 Å². The van der Waals surface area contributed by atoms with Crippen LogP contribution in [0.4, 0.5) is 0 Å². The Bertz CT molecular complexity index is 265. The molecule has 1 rings (SSSR count). The van der Waals surface area contributed by atoms with Crippen LogP contribution in [0, 0.1) is 6.92 Å². The number of aryl methyl sites for hydroxylation is 1. The number of rotatable bonds is 2. The van der Waals surface area contributed by atoms with Crippen LogP contribution < -0.4 is 0 Å². The Morgan fingerprint density at radius 3 is 3.00 bits per heavy atom. The third-order valence-electron chi connectivity index (χ3n) is 1.26. The fourth-order valence-corrected chi connectivity index (χ4v) is 1.50. The Balaban J connectivity index is 2.78. The minimum Gasteiger partial charge on any atom is -0.392 e. The highest BCUT2D eigenvalue weighted by Gasteiger charge is 1.94. The summed E-state index contributed by atoms with van der Waals surface area (Å²) >= 11 is 1.63. The molecular formula is C8H11NOS. The van der Waals surface area contributed by atoms with E-state index in [0.29, 0.717) is 0 Å². The maximum atomic E-state index is 8.71. The second-order valence-corrected chi connectivity index (χ2v) is 3.72. The second-order valence-electron chi connectivity index (χ2n) is 2.46. The fourth-order valence-electron chi connectivity index (χ4n) is 0.695. The van der Waals surface area contributed by atoms with Gasteiger partial charge in [0.25, 0.3) is 0 Å².